The van der Waals surface area contributed by atoms with Crippen LogP contribution in [0.25, 0.3) is 22.2 Å². The normalized spacial score (nSPS) is 17.7. The molecule has 0 atom stereocenters. The van der Waals surface area contributed by atoms with E-state index in [1.807, 2.05) is 36.4 Å². The third-order valence-corrected chi connectivity index (χ3v) is 5.36. The van der Waals surface area contributed by atoms with E-state index < -0.39 is 0 Å². The van der Waals surface area contributed by atoms with Gasteiger partial charge in [0, 0.05) is 31.9 Å². The van der Waals surface area contributed by atoms with E-state index >= 15 is 0 Å². The van der Waals surface area contributed by atoms with Gasteiger partial charge in [-0.2, -0.15) is 4.98 Å². The molecule has 0 aliphatic carbocycles. The number of aromatic nitrogens is 3. The molecule has 4 heterocycles. The second-order valence-corrected chi connectivity index (χ2v) is 7.19. The summed E-state index contributed by atoms with van der Waals surface area (Å²) in [7, 11) is 0. The third kappa shape index (κ3) is 3.56. The highest BCUT2D eigenvalue weighted by Gasteiger charge is 2.22. The molecule has 0 saturated carbocycles. The summed E-state index contributed by atoms with van der Waals surface area (Å²) < 4.78 is 11.0. The Bertz CT molecular complexity index is 1060. The number of fused-ring (bicyclic) bond motifs is 1. The van der Waals surface area contributed by atoms with Crippen LogP contribution in [0.5, 0.6) is 0 Å². The van der Waals surface area contributed by atoms with E-state index in [1.54, 1.807) is 0 Å². The van der Waals surface area contributed by atoms with Gasteiger partial charge in [0.05, 0.1) is 31.8 Å². The van der Waals surface area contributed by atoms with E-state index in [4.69, 9.17) is 14.5 Å². The SMILES string of the molecule is O=c1[nH]c(-c2ccccc2)cc2c(N3CCOCC3)nc(N3CCOCC3)nc12. The summed E-state index contributed by atoms with van der Waals surface area (Å²) >= 11 is 0. The minimum Gasteiger partial charge on any atom is -0.378 e. The number of anilines is 2. The number of hydrogen-bond donors (Lipinski definition) is 1. The van der Waals surface area contributed by atoms with Crippen LogP contribution in [0, 0.1) is 0 Å². The van der Waals surface area contributed by atoms with Crippen molar-refractivity contribution in [2.45, 2.75) is 0 Å². The highest BCUT2D eigenvalue weighted by atomic mass is 16.5. The molecule has 2 aliphatic rings. The number of rotatable bonds is 3. The van der Waals surface area contributed by atoms with E-state index in [0.717, 1.165) is 35.6 Å². The Morgan fingerprint density at radius 2 is 1.52 bits per heavy atom. The summed E-state index contributed by atoms with van der Waals surface area (Å²) in [5.74, 6) is 1.38. The smallest absolute Gasteiger partial charge is 0.275 e. The number of hydrogen-bond acceptors (Lipinski definition) is 7. The molecular formula is C21H23N5O3. The van der Waals surface area contributed by atoms with Gasteiger partial charge in [0.2, 0.25) is 5.95 Å². The lowest BCUT2D eigenvalue weighted by Crippen LogP contribution is -2.39. The maximum Gasteiger partial charge on any atom is 0.275 e. The largest absolute Gasteiger partial charge is 0.378 e. The summed E-state index contributed by atoms with van der Waals surface area (Å²) in [6.07, 6.45) is 0. The minimum atomic E-state index is -0.201. The first-order valence-corrected chi connectivity index (χ1v) is 9.95. The van der Waals surface area contributed by atoms with Crippen LogP contribution in [0.15, 0.2) is 41.2 Å². The second-order valence-electron chi connectivity index (χ2n) is 7.19. The van der Waals surface area contributed by atoms with Crippen molar-refractivity contribution in [3.63, 3.8) is 0 Å². The third-order valence-electron chi connectivity index (χ3n) is 5.36. The van der Waals surface area contributed by atoms with E-state index in [2.05, 4.69) is 19.8 Å². The zero-order valence-corrected chi connectivity index (χ0v) is 16.1. The number of aromatic amines is 1. The van der Waals surface area contributed by atoms with Gasteiger partial charge < -0.3 is 24.3 Å². The van der Waals surface area contributed by atoms with Crippen LogP contribution in [-0.4, -0.2) is 67.6 Å². The molecule has 8 heteroatoms. The quantitative estimate of drug-likeness (QED) is 0.724. The molecule has 0 radical (unpaired) electrons. The lowest BCUT2D eigenvalue weighted by molar-refractivity contribution is 0.121. The maximum absolute atomic E-state index is 13.0. The van der Waals surface area contributed by atoms with Gasteiger partial charge in [0.15, 0.2) is 0 Å². The van der Waals surface area contributed by atoms with Crippen molar-refractivity contribution in [2.24, 2.45) is 0 Å². The van der Waals surface area contributed by atoms with E-state index in [0.29, 0.717) is 51.0 Å². The van der Waals surface area contributed by atoms with Crippen LogP contribution in [0.4, 0.5) is 11.8 Å². The Morgan fingerprint density at radius 3 is 2.21 bits per heavy atom. The topological polar surface area (TPSA) is 83.6 Å². The zero-order chi connectivity index (χ0) is 19.6. The van der Waals surface area contributed by atoms with Crippen LogP contribution in [0.2, 0.25) is 0 Å². The fourth-order valence-corrected chi connectivity index (χ4v) is 3.81. The molecule has 3 aromatic rings. The molecule has 5 rings (SSSR count). The Kier molecular flexibility index (Phi) is 4.87. The van der Waals surface area contributed by atoms with E-state index in [-0.39, 0.29) is 5.56 Å². The highest BCUT2D eigenvalue weighted by molar-refractivity contribution is 5.92. The molecule has 0 unspecified atom stereocenters. The monoisotopic (exact) mass is 393 g/mol. The molecule has 1 N–H and O–H groups in total. The molecule has 29 heavy (non-hydrogen) atoms. The Morgan fingerprint density at radius 1 is 0.862 bits per heavy atom. The van der Waals surface area contributed by atoms with Crippen molar-refractivity contribution >= 4 is 22.7 Å². The average molecular weight is 393 g/mol. The standard InChI is InChI=1S/C21H23N5O3/c27-20-18-16(14-17(22-20)15-4-2-1-3-5-15)19(25-6-10-28-11-7-25)24-21(23-18)26-8-12-29-13-9-26/h1-5,14H,6-13H2,(H,22,27). The Hall–Kier alpha value is -2.97. The second kappa shape index (κ2) is 7.81. The van der Waals surface area contributed by atoms with Crippen LogP contribution >= 0.6 is 0 Å². The molecule has 1 aromatic carbocycles. The first-order valence-electron chi connectivity index (χ1n) is 9.95. The Labute approximate surface area is 168 Å². The number of pyridine rings is 1. The summed E-state index contributed by atoms with van der Waals surface area (Å²) in [6.45, 7) is 5.47. The summed E-state index contributed by atoms with van der Waals surface area (Å²) in [5.41, 5.74) is 1.94. The number of H-pyrrole nitrogens is 1. The van der Waals surface area contributed by atoms with Crippen molar-refractivity contribution in [1.82, 2.24) is 15.0 Å². The molecule has 2 fully saturated rings. The van der Waals surface area contributed by atoms with Crippen molar-refractivity contribution in [3.8, 4) is 11.3 Å². The zero-order valence-electron chi connectivity index (χ0n) is 16.1. The minimum absolute atomic E-state index is 0.201. The van der Waals surface area contributed by atoms with E-state index in [9.17, 15) is 4.79 Å². The lowest BCUT2D eigenvalue weighted by Gasteiger charge is -2.31. The molecular weight excluding hydrogens is 370 g/mol. The van der Waals surface area contributed by atoms with Gasteiger partial charge in [0.1, 0.15) is 11.3 Å². The van der Waals surface area contributed by atoms with Crippen molar-refractivity contribution in [1.29, 1.82) is 0 Å². The van der Waals surface area contributed by atoms with Crippen molar-refractivity contribution < 1.29 is 9.47 Å². The fraction of sp³-hybridized carbons (Fsp3) is 0.381. The number of nitrogens with one attached hydrogen (secondary N) is 1. The predicted molar refractivity (Wildman–Crippen MR) is 112 cm³/mol. The van der Waals surface area contributed by atoms with Crippen LogP contribution in [-0.2, 0) is 9.47 Å². The molecule has 150 valence electrons. The maximum atomic E-state index is 13.0. The molecule has 2 aliphatic heterocycles. The summed E-state index contributed by atoms with van der Waals surface area (Å²) in [4.78, 5) is 29.8. The molecule has 0 spiro atoms. The van der Waals surface area contributed by atoms with Gasteiger partial charge in [-0.25, -0.2) is 4.98 Å². The lowest BCUT2D eigenvalue weighted by atomic mass is 10.1. The fourth-order valence-electron chi connectivity index (χ4n) is 3.81. The van der Waals surface area contributed by atoms with Crippen LogP contribution in [0.1, 0.15) is 0 Å². The molecule has 2 saturated heterocycles. The molecule has 8 nitrogen and oxygen atoms in total. The summed E-state index contributed by atoms with van der Waals surface area (Å²) in [6, 6.07) is 11.8. The Balaban J connectivity index is 1.69. The number of nitrogens with zero attached hydrogens (tertiary/aromatic N) is 4. The van der Waals surface area contributed by atoms with Gasteiger partial charge in [-0.3, -0.25) is 4.79 Å². The van der Waals surface area contributed by atoms with Gasteiger partial charge >= 0.3 is 0 Å². The van der Waals surface area contributed by atoms with Crippen LogP contribution < -0.4 is 15.4 Å². The molecule has 0 amide bonds. The predicted octanol–water partition coefficient (Wildman–Crippen LogP) is 1.66. The molecule has 2 aromatic heterocycles. The van der Waals surface area contributed by atoms with Gasteiger partial charge in [0.25, 0.3) is 5.56 Å². The first kappa shape index (κ1) is 18.1. The van der Waals surface area contributed by atoms with Gasteiger partial charge in [-0.1, -0.05) is 30.3 Å². The first-order chi connectivity index (χ1) is 14.3. The molecule has 0 bridgehead atoms. The summed E-state index contributed by atoms with van der Waals surface area (Å²) in [5, 5.41) is 0.770. The highest BCUT2D eigenvalue weighted by Crippen LogP contribution is 2.28. The van der Waals surface area contributed by atoms with Gasteiger partial charge in [-0.05, 0) is 11.6 Å². The van der Waals surface area contributed by atoms with Crippen molar-refractivity contribution in [3.05, 3.63) is 46.8 Å². The van der Waals surface area contributed by atoms with Gasteiger partial charge in [-0.15, -0.1) is 0 Å². The number of ether oxygens (including phenoxy) is 2. The van der Waals surface area contributed by atoms with Crippen LogP contribution in [0.3, 0.4) is 0 Å². The number of morpholine rings is 2. The van der Waals surface area contributed by atoms with E-state index in [1.165, 1.54) is 0 Å². The average Bonchev–Trinajstić information content (AvgIpc) is 2.80. The van der Waals surface area contributed by atoms with Crippen molar-refractivity contribution in [2.75, 3.05) is 62.4 Å². The number of benzene rings is 1.